The zero-order valence-corrected chi connectivity index (χ0v) is 43.0. The molecule has 0 aromatic heterocycles. The molecule has 66 heavy (non-hydrogen) atoms. The molecule has 0 aromatic carbocycles. The molecule has 0 aliphatic heterocycles. The van der Waals surface area contributed by atoms with Crippen molar-refractivity contribution in [2.45, 2.75) is 225 Å². The highest BCUT2D eigenvalue weighted by Crippen LogP contribution is 2.15. The van der Waals surface area contributed by atoms with Gasteiger partial charge in [0, 0.05) is 12.8 Å². The van der Waals surface area contributed by atoms with Crippen LogP contribution in [0.1, 0.15) is 213 Å². The van der Waals surface area contributed by atoms with E-state index in [1.807, 2.05) is 21.1 Å². The fraction of sp³-hybridized carbons (Fsp3) is 0.737. The Kier molecular flexibility index (Phi) is 45.8. The van der Waals surface area contributed by atoms with Crippen LogP contribution in [0, 0.1) is 0 Å². The Bertz CT molecular complexity index is 1310. The van der Waals surface area contributed by atoms with Crippen LogP contribution >= 0.6 is 0 Å². The first kappa shape index (κ1) is 62.7. The molecule has 0 N–H and O–H groups in total. The number of carbonyl (C=O) groups excluding carboxylic acids is 3. The van der Waals surface area contributed by atoms with E-state index in [-0.39, 0.29) is 32.2 Å². The molecule has 0 saturated heterocycles. The van der Waals surface area contributed by atoms with Gasteiger partial charge in [0.15, 0.2) is 12.4 Å². The smallest absolute Gasteiger partial charge is 0.306 e. The van der Waals surface area contributed by atoms with Crippen molar-refractivity contribution in [3.8, 4) is 0 Å². The van der Waals surface area contributed by atoms with E-state index in [1.165, 1.54) is 96.3 Å². The number of rotatable bonds is 48. The highest BCUT2D eigenvalue weighted by molar-refractivity contribution is 5.70. The van der Waals surface area contributed by atoms with Gasteiger partial charge in [-0.3, -0.25) is 9.59 Å². The second kappa shape index (κ2) is 48.2. The minimum absolute atomic E-state index is 0.144. The Balaban J connectivity index is 4.30. The lowest BCUT2D eigenvalue weighted by Crippen LogP contribution is -2.44. The van der Waals surface area contributed by atoms with Gasteiger partial charge < -0.3 is 33.3 Å². The summed E-state index contributed by atoms with van der Waals surface area (Å²) in [5, 5.41) is 11.7. The van der Waals surface area contributed by atoms with Crippen LogP contribution in [-0.4, -0.2) is 82.3 Å². The zero-order chi connectivity index (χ0) is 48.4. The molecular weight excluding hydrogens is 827 g/mol. The van der Waals surface area contributed by atoms with Crippen LogP contribution in [0.25, 0.3) is 0 Å². The van der Waals surface area contributed by atoms with Gasteiger partial charge in [-0.25, -0.2) is 0 Å². The Morgan fingerprint density at radius 2 is 0.864 bits per heavy atom. The number of carbonyl (C=O) groups is 3. The van der Waals surface area contributed by atoms with Crippen LogP contribution < -0.4 is 5.11 Å². The maximum atomic E-state index is 12.8. The van der Waals surface area contributed by atoms with E-state index >= 15 is 0 Å². The lowest BCUT2D eigenvalue weighted by atomic mass is 10.0. The van der Waals surface area contributed by atoms with Gasteiger partial charge in [-0.15, -0.1) is 0 Å². The lowest BCUT2D eigenvalue weighted by Gasteiger charge is -2.26. The fourth-order valence-electron chi connectivity index (χ4n) is 7.13. The molecular formula is C57H99NO8. The van der Waals surface area contributed by atoms with Crippen LogP contribution in [0.15, 0.2) is 72.9 Å². The molecule has 0 spiro atoms. The largest absolute Gasteiger partial charge is 0.545 e. The maximum absolute atomic E-state index is 12.8. The van der Waals surface area contributed by atoms with Crippen molar-refractivity contribution in [2.24, 2.45) is 0 Å². The first-order valence-electron chi connectivity index (χ1n) is 26.6. The van der Waals surface area contributed by atoms with Gasteiger partial charge in [0.05, 0.1) is 40.3 Å². The number of allylic oxidation sites excluding steroid dienone is 12. The molecule has 0 heterocycles. The Morgan fingerprint density at radius 1 is 0.470 bits per heavy atom. The zero-order valence-electron chi connectivity index (χ0n) is 43.0. The van der Waals surface area contributed by atoms with E-state index in [0.29, 0.717) is 23.9 Å². The second-order valence-electron chi connectivity index (χ2n) is 18.8. The topological polar surface area (TPSA) is 111 Å². The normalized spacial score (nSPS) is 13.4. The number of aliphatic carboxylic acids is 1. The predicted molar refractivity (Wildman–Crippen MR) is 274 cm³/mol. The highest BCUT2D eigenvalue weighted by atomic mass is 16.7. The first-order chi connectivity index (χ1) is 32.1. The van der Waals surface area contributed by atoms with Gasteiger partial charge in [-0.1, -0.05) is 209 Å². The molecule has 0 radical (unpaired) electrons. The number of unbranched alkanes of at least 4 members (excludes halogenated alkanes) is 21. The first-order valence-corrected chi connectivity index (χ1v) is 26.6. The Labute approximate surface area is 405 Å². The number of esters is 2. The predicted octanol–water partition coefficient (Wildman–Crippen LogP) is 13.7. The SMILES string of the molecule is CC/C=C\C/C=C\C/C=C\C/C=C\C/C=C\C/C=C\CCCCCCCCCCC(=O)OC(COC(=O)CCCCCCCCCCCCCCCC)COC(OCC[N+](C)(C)C)C(=O)[O-]. The summed E-state index contributed by atoms with van der Waals surface area (Å²) in [6.45, 7) is 4.62. The third kappa shape index (κ3) is 48.7. The summed E-state index contributed by atoms with van der Waals surface area (Å²) in [6.07, 6.45) is 57.9. The molecule has 0 amide bonds. The highest BCUT2D eigenvalue weighted by Gasteiger charge is 2.22. The average molecular weight is 926 g/mol. The number of carboxylic acid groups (broad SMARTS) is 1. The number of quaternary nitrogens is 1. The number of nitrogens with zero attached hydrogens (tertiary/aromatic N) is 1. The van der Waals surface area contributed by atoms with Gasteiger partial charge in [0.25, 0.3) is 0 Å². The maximum Gasteiger partial charge on any atom is 0.306 e. The van der Waals surface area contributed by atoms with Crippen molar-refractivity contribution in [1.29, 1.82) is 0 Å². The summed E-state index contributed by atoms with van der Waals surface area (Å²) in [4.78, 5) is 37.2. The molecule has 0 bridgehead atoms. The molecule has 0 saturated carbocycles. The number of hydrogen-bond acceptors (Lipinski definition) is 8. The fourth-order valence-corrected chi connectivity index (χ4v) is 7.13. The quantitative estimate of drug-likeness (QED) is 0.0195. The van der Waals surface area contributed by atoms with Gasteiger partial charge in [0.2, 0.25) is 0 Å². The number of likely N-dealkylation sites (N-methyl/N-ethyl adjacent to an activating group) is 1. The second-order valence-corrected chi connectivity index (χ2v) is 18.8. The van der Waals surface area contributed by atoms with E-state index in [4.69, 9.17) is 18.9 Å². The summed E-state index contributed by atoms with van der Waals surface area (Å²) < 4.78 is 22.6. The molecule has 0 fully saturated rings. The van der Waals surface area contributed by atoms with E-state index in [2.05, 4.69) is 86.8 Å². The average Bonchev–Trinajstić information content (AvgIpc) is 3.28. The van der Waals surface area contributed by atoms with Crippen LogP contribution in [0.5, 0.6) is 0 Å². The monoisotopic (exact) mass is 926 g/mol. The van der Waals surface area contributed by atoms with E-state index < -0.39 is 24.3 Å². The number of ether oxygens (including phenoxy) is 4. The standard InChI is InChI=1S/C57H99NO8/c1-6-8-10-12-14-16-18-20-22-23-24-25-26-27-28-29-30-31-32-33-34-36-38-40-42-44-46-48-55(60)66-53(52-65-57(56(61)62)63-50-49-58(3,4)5)51-64-54(59)47-45-43-41-39-37-35-21-19-17-15-13-11-9-7-2/h8,10,14,16,20,22,24-25,27-28,30-31,53,57H,6-7,9,11-13,15,17-19,21,23,26,29,32-52H2,1-5H3/b10-8-,16-14-,22-20-,25-24-,28-27-,31-30-. The number of hydrogen-bond donors (Lipinski definition) is 0. The lowest BCUT2D eigenvalue weighted by molar-refractivity contribution is -0.870. The molecule has 0 aromatic rings. The molecule has 9 nitrogen and oxygen atoms in total. The minimum atomic E-state index is -1.62. The summed E-state index contributed by atoms with van der Waals surface area (Å²) in [5.74, 6) is -2.29. The van der Waals surface area contributed by atoms with E-state index in [9.17, 15) is 19.5 Å². The van der Waals surface area contributed by atoms with Crippen LogP contribution in [0.3, 0.4) is 0 Å². The molecule has 0 aliphatic rings. The summed E-state index contributed by atoms with van der Waals surface area (Å²) >= 11 is 0. The van der Waals surface area contributed by atoms with Gasteiger partial charge in [0.1, 0.15) is 13.2 Å². The van der Waals surface area contributed by atoms with Crippen molar-refractivity contribution in [1.82, 2.24) is 0 Å². The molecule has 0 rings (SSSR count). The van der Waals surface area contributed by atoms with Crippen molar-refractivity contribution in [3.05, 3.63) is 72.9 Å². The Hall–Kier alpha value is -3.27. The van der Waals surface area contributed by atoms with Gasteiger partial charge in [-0.05, 0) is 64.2 Å². The third-order valence-electron chi connectivity index (χ3n) is 11.2. The molecule has 2 unspecified atom stereocenters. The van der Waals surface area contributed by atoms with Gasteiger partial charge in [-0.2, -0.15) is 0 Å². The Morgan fingerprint density at radius 3 is 1.29 bits per heavy atom. The minimum Gasteiger partial charge on any atom is -0.545 e. The van der Waals surface area contributed by atoms with E-state index in [1.54, 1.807) is 0 Å². The third-order valence-corrected chi connectivity index (χ3v) is 11.2. The molecule has 380 valence electrons. The van der Waals surface area contributed by atoms with Crippen LogP contribution in [-0.2, 0) is 33.3 Å². The molecule has 2 atom stereocenters. The molecule has 0 aliphatic carbocycles. The van der Waals surface area contributed by atoms with Crippen molar-refractivity contribution in [2.75, 3.05) is 47.5 Å². The van der Waals surface area contributed by atoms with Gasteiger partial charge >= 0.3 is 11.9 Å². The summed E-state index contributed by atoms with van der Waals surface area (Å²) in [5.41, 5.74) is 0. The van der Waals surface area contributed by atoms with Crippen molar-refractivity contribution in [3.63, 3.8) is 0 Å². The summed E-state index contributed by atoms with van der Waals surface area (Å²) in [6, 6.07) is 0. The summed E-state index contributed by atoms with van der Waals surface area (Å²) in [7, 11) is 5.91. The van der Waals surface area contributed by atoms with Crippen molar-refractivity contribution >= 4 is 17.9 Å². The number of carboxylic acids is 1. The van der Waals surface area contributed by atoms with E-state index in [0.717, 1.165) is 83.5 Å². The van der Waals surface area contributed by atoms with Crippen molar-refractivity contribution < 1.29 is 42.9 Å². The van der Waals surface area contributed by atoms with Crippen LogP contribution in [0.4, 0.5) is 0 Å². The van der Waals surface area contributed by atoms with Crippen LogP contribution in [0.2, 0.25) is 0 Å². The molecule has 9 heteroatoms.